The SMILES string of the molecule is O=C(NN=Cc1cccc(Oc2ccc([N+](=O)[O-])cc2[N+](=O)[O-])c1)c1ccc2c(c1)OCCO2. The van der Waals surface area contributed by atoms with Gasteiger partial charge in [0.1, 0.15) is 19.0 Å². The van der Waals surface area contributed by atoms with Crippen molar-refractivity contribution in [3.05, 3.63) is 92.0 Å². The number of nitrogens with zero attached hydrogens (tertiary/aromatic N) is 3. The molecule has 12 heteroatoms. The highest BCUT2D eigenvalue weighted by Crippen LogP contribution is 2.34. The Morgan fingerprint density at radius 1 is 0.971 bits per heavy atom. The molecule has 12 nitrogen and oxygen atoms in total. The molecular formula is C22H16N4O8. The van der Waals surface area contributed by atoms with E-state index in [1.165, 1.54) is 12.3 Å². The van der Waals surface area contributed by atoms with Gasteiger partial charge >= 0.3 is 5.69 Å². The number of hydrogen-bond acceptors (Lipinski definition) is 9. The number of carbonyl (C=O) groups excluding carboxylic acids is 1. The number of fused-ring (bicyclic) bond motifs is 1. The van der Waals surface area contributed by atoms with Crippen molar-refractivity contribution in [2.75, 3.05) is 13.2 Å². The molecule has 34 heavy (non-hydrogen) atoms. The second-order valence-corrected chi connectivity index (χ2v) is 6.90. The first kappa shape index (κ1) is 22.2. The molecule has 4 rings (SSSR count). The lowest BCUT2D eigenvalue weighted by Gasteiger charge is -2.18. The largest absolute Gasteiger partial charge is 0.486 e. The van der Waals surface area contributed by atoms with Gasteiger partial charge in [-0.3, -0.25) is 25.0 Å². The Hall–Kier alpha value is -5.00. The third-order valence-electron chi connectivity index (χ3n) is 4.62. The molecule has 0 aliphatic carbocycles. The topological polar surface area (TPSA) is 155 Å². The van der Waals surface area contributed by atoms with Crippen LogP contribution in [0.5, 0.6) is 23.0 Å². The highest BCUT2D eigenvalue weighted by molar-refractivity contribution is 5.95. The molecule has 1 N–H and O–H groups in total. The lowest BCUT2D eigenvalue weighted by molar-refractivity contribution is -0.394. The number of ether oxygens (including phenoxy) is 3. The summed E-state index contributed by atoms with van der Waals surface area (Å²) in [5, 5.41) is 26.1. The number of hydrazone groups is 1. The number of rotatable bonds is 7. The van der Waals surface area contributed by atoms with Crippen LogP contribution >= 0.6 is 0 Å². The van der Waals surface area contributed by atoms with E-state index in [2.05, 4.69) is 10.5 Å². The van der Waals surface area contributed by atoms with Gasteiger partial charge in [0.2, 0.25) is 5.75 Å². The summed E-state index contributed by atoms with van der Waals surface area (Å²) in [6, 6.07) is 14.3. The molecular weight excluding hydrogens is 448 g/mol. The third kappa shape index (κ3) is 5.07. The predicted molar refractivity (Wildman–Crippen MR) is 119 cm³/mol. The van der Waals surface area contributed by atoms with Crippen LogP contribution in [0.4, 0.5) is 11.4 Å². The quantitative estimate of drug-likeness (QED) is 0.314. The minimum atomic E-state index is -0.763. The molecule has 172 valence electrons. The molecule has 1 heterocycles. The van der Waals surface area contributed by atoms with Gasteiger partial charge < -0.3 is 14.2 Å². The van der Waals surface area contributed by atoms with Crippen LogP contribution in [0, 0.1) is 20.2 Å². The van der Waals surface area contributed by atoms with Crippen LogP contribution in [0.25, 0.3) is 0 Å². The van der Waals surface area contributed by atoms with Crippen molar-refractivity contribution in [3.8, 4) is 23.0 Å². The lowest BCUT2D eigenvalue weighted by atomic mass is 10.2. The summed E-state index contributed by atoms with van der Waals surface area (Å²) in [6.07, 6.45) is 1.37. The van der Waals surface area contributed by atoms with Gasteiger partial charge in [-0.2, -0.15) is 5.10 Å². The van der Waals surface area contributed by atoms with Crippen LogP contribution in [-0.4, -0.2) is 35.2 Å². The zero-order valence-corrected chi connectivity index (χ0v) is 17.4. The van der Waals surface area contributed by atoms with Crippen LogP contribution < -0.4 is 19.6 Å². The van der Waals surface area contributed by atoms with Gasteiger partial charge in [0, 0.05) is 11.6 Å². The number of nitrogens with one attached hydrogen (secondary N) is 1. The molecule has 0 aromatic heterocycles. The first-order valence-corrected chi connectivity index (χ1v) is 9.84. The third-order valence-corrected chi connectivity index (χ3v) is 4.62. The molecule has 0 saturated carbocycles. The average Bonchev–Trinajstić information content (AvgIpc) is 2.84. The average molecular weight is 464 g/mol. The van der Waals surface area contributed by atoms with Crippen LogP contribution in [0.1, 0.15) is 15.9 Å². The summed E-state index contributed by atoms with van der Waals surface area (Å²) in [5.41, 5.74) is 2.31. The van der Waals surface area contributed by atoms with Crippen molar-refractivity contribution in [2.24, 2.45) is 5.10 Å². The number of hydrogen-bond donors (Lipinski definition) is 1. The molecule has 0 unspecified atom stereocenters. The maximum absolute atomic E-state index is 12.3. The van der Waals surface area contributed by atoms with Crippen molar-refractivity contribution in [2.45, 2.75) is 0 Å². The molecule has 1 aliphatic rings. The van der Waals surface area contributed by atoms with Crippen molar-refractivity contribution >= 4 is 23.5 Å². The molecule has 0 saturated heterocycles. The van der Waals surface area contributed by atoms with Gasteiger partial charge in [-0.25, -0.2) is 5.43 Å². The summed E-state index contributed by atoms with van der Waals surface area (Å²) in [7, 11) is 0. The Bertz CT molecular complexity index is 1310. The maximum atomic E-state index is 12.3. The monoisotopic (exact) mass is 464 g/mol. The summed E-state index contributed by atoms with van der Waals surface area (Å²) in [5.74, 6) is 0.669. The van der Waals surface area contributed by atoms with Gasteiger partial charge in [-0.05, 0) is 42.0 Å². The number of non-ortho nitro benzene ring substituents is 1. The molecule has 3 aromatic carbocycles. The van der Waals surface area contributed by atoms with Gasteiger partial charge in [0.15, 0.2) is 11.5 Å². The molecule has 1 aliphatic heterocycles. The zero-order valence-electron chi connectivity index (χ0n) is 17.4. The van der Waals surface area contributed by atoms with Crippen molar-refractivity contribution in [1.29, 1.82) is 0 Å². The van der Waals surface area contributed by atoms with Crippen molar-refractivity contribution in [1.82, 2.24) is 5.43 Å². The van der Waals surface area contributed by atoms with Crippen LogP contribution in [0.2, 0.25) is 0 Å². The second-order valence-electron chi connectivity index (χ2n) is 6.90. The van der Waals surface area contributed by atoms with E-state index in [0.717, 1.165) is 18.2 Å². The van der Waals surface area contributed by atoms with Crippen molar-refractivity contribution in [3.63, 3.8) is 0 Å². The predicted octanol–water partition coefficient (Wildman–Crippen LogP) is 3.83. The Labute approximate surface area is 191 Å². The fourth-order valence-electron chi connectivity index (χ4n) is 3.05. The highest BCUT2D eigenvalue weighted by Gasteiger charge is 2.21. The maximum Gasteiger partial charge on any atom is 0.318 e. The zero-order chi connectivity index (χ0) is 24.1. The van der Waals surface area contributed by atoms with Gasteiger partial charge in [-0.1, -0.05) is 12.1 Å². The molecule has 0 spiro atoms. The molecule has 0 radical (unpaired) electrons. The van der Waals surface area contributed by atoms with E-state index in [-0.39, 0.29) is 11.5 Å². The molecule has 3 aromatic rings. The van der Waals surface area contributed by atoms with Crippen molar-refractivity contribution < 1.29 is 28.9 Å². The van der Waals surface area contributed by atoms with E-state index in [0.29, 0.717) is 35.8 Å². The van der Waals surface area contributed by atoms with Crippen LogP contribution in [-0.2, 0) is 0 Å². The van der Waals surface area contributed by atoms with Crippen LogP contribution in [0.3, 0.4) is 0 Å². The number of amides is 1. The Balaban J connectivity index is 1.44. The summed E-state index contributed by atoms with van der Waals surface area (Å²) in [6.45, 7) is 0.848. The number of carbonyl (C=O) groups is 1. The minimum Gasteiger partial charge on any atom is -0.486 e. The van der Waals surface area contributed by atoms with E-state index in [1.807, 2.05) is 0 Å². The molecule has 0 bridgehead atoms. The highest BCUT2D eigenvalue weighted by atomic mass is 16.6. The summed E-state index contributed by atoms with van der Waals surface area (Å²) < 4.78 is 16.4. The summed E-state index contributed by atoms with van der Waals surface area (Å²) in [4.78, 5) is 33.0. The first-order chi connectivity index (χ1) is 16.4. The minimum absolute atomic E-state index is 0.156. The number of nitro groups is 2. The Kier molecular flexibility index (Phi) is 6.30. The molecule has 1 amide bonds. The standard InChI is InChI=1S/C22H16N4O8/c27-22(15-4-6-20-21(11-15)33-9-8-32-20)24-23-13-14-2-1-3-17(10-14)34-19-7-5-16(25(28)29)12-18(19)26(30)31/h1-7,10-13H,8-9H2,(H,24,27). The lowest BCUT2D eigenvalue weighted by Crippen LogP contribution is -2.19. The Morgan fingerprint density at radius 3 is 2.53 bits per heavy atom. The van der Waals surface area contributed by atoms with E-state index >= 15 is 0 Å². The van der Waals surface area contributed by atoms with E-state index in [1.54, 1.807) is 36.4 Å². The Morgan fingerprint density at radius 2 is 1.76 bits per heavy atom. The molecule has 0 atom stereocenters. The smallest absolute Gasteiger partial charge is 0.318 e. The summed E-state index contributed by atoms with van der Waals surface area (Å²) >= 11 is 0. The number of benzene rings is 3. The van der Waals surface area contributed by atoms with Crippen LogP contribution in [0.15, 0.2) is 65.8 Å². The number of nitro benzene ring substituents is 2. The van der Waals surface area contributed by atoms with Gasteiger partial charge in [-0.15, -0.1) is 0 Å². The van der Waals surface area contributed by atoms with Gasteiger partial charge in [0.05, 0.1) is 22.1 Å². The van der Waals surface area contributed by atoms with E-state index in [9.17, 15) is 25.0 Å². The fourth-order valence-corrected chi connectivity index (χ4v) is 3.05. The fraction of sp³-hybridized carbons (Fsp3) is 0.0909. The van der Waals surface area contributed by atoms with E-state index < -0.39 is 27.1 Å². The van der Waals surface area contributed by atoms with Gasteiger partial charge in [0.25, 0.3) is 11.6 Å². The first-order valence-electron chi connectivity index (χ1n) is 9.84. The normalized spacial score (nSPS) is 12.2. The van der Waals surface area contributed by atoms with E-state index in [4.69, 9.17) is 14.2 Å². The molecule has 0 fully saturated rings. The second kappa shape index (κ2) is 9.65.